The van der Waals surface area contributed by atoms with Crippen molar-refractivity contribution >= 4 is 23.2 Å². The normalized spacial score (nSPS) is 11.8. The number of benzene rings is 1. The molecule has 6 N–H and O–H groups in total. The van der Waals surface area contributed by atoms with Crippen LogP contribution in [0.4, 0.5) is 11.4 Å². The number of hydrazine groups is 1. The summed E-state index contributed by atoms with van der Waals surface area (Å²) < 4.78 is 0. The first-order chi connectivity index (χ1) is 9.77. The molecule has 0 heterocycles. The number of nitrogens with two attached hydrogens (primary N) is 2. The maximum Gasteiger partial charge on any atom is 0.282 e. The number of amides is 2. The van der Waals surface area contributed by atoms with Crippen LogP contribution in [0, 0.1) is 16.0 Å². The average Bonchev–Trinajstić information content (AvgIpc) is 2.42. The molecule has 0 saturated carbocycles. The molecule has 9 heteroatoms. The van der Waals surface area contributed by atoms with Gasteiger partial charge in [0.25, 0.3) is 11.6 Å². The molecule has 1 unspecified atom stereocenters. The lowest BCUT2D eigenvalue weighted by Crippen LogP contribution is -2.47. The molecule has 0 radical (unpaired) electrons. The first kappa shape index (κ1) is 16.4. The Morgan fingerprint density at radius 3 is 2.38 bits per heavy atom. The van der Waals surface area contributed by atoms with E-state index in [9.17, 15) is 19.7 Å². The molecule has 1 atom stereocenters. The number of rotatable bonds is 6. The zero-order chi connectivity index (χ0) is 16.2. The zero-order valence-electron chi connectivity index (χ0n) is 11.6. The fraction of sp³-hybridized carbons (Fsp3) is 0.333. The van der Waals surface area contributed by atoms with Gasteiger partial charge in [-0.1, -0.05) is 13.8 Å². The Hall–Kier alpha value is -2.68. The number of nitrogens with one attached hydrogen (secondary N) is 2. The average molecular weight is 295 g/mol. The summed E-state index contributed by atoms with van der Waals surface area (Å²) in [6, 6.07) is 2.82. The van der Waals surface area contributed by atoms with Crippen molar-refractivity contribution in [3.05, 3.63) is 33.9 Å². The molecule has 0 aliphatic heterocycles. The summed E-state index contributed by atoms with van der Waals surface area (Å²) >= 11 is 0. The maximum absolute atomic E-state index is 12.2. The van der Waals surface area contributed by atoms with Gasteiger partial charge < -0.3 is 16.5 Å². The molecular weight excluding hydrogens is 278 g/mol. The van der Waals surface area contributed by atoms with Crippen molar-refractivity contribution in [3.8, 4) is 0 Å². The number of hydrogen-bond donors (Lipinski definition) is 4. The molecule has 0 aromatic heterocycles. The molecule has 1 rings (SSSR count). The van der Waals surface area contributed by atoms with Gasteiger partial charge in [-0.3, -0.25) is 25.5 Å². The summed E-state index contributed by atoms with van der Waals surface area (Å²) in [6.45, 7) is 3.39. The SMILES string of the molecule is CC(C)C(NC(=O)c1cc(NN)ccc1[N+](=O)[O-])C(N)=O. The smallest absolute Gasteiger partial charge is 0.282 e. The Bertz CT molecular complexity index is 573. The van der Waals surface area contributed by atoms with E-state index in [-0.39, 0.29) is 11.5 Å². The molecule has 1 aromatic rings. The van der Waals surface area contributed by atoms with Crippen LogP contribution in [0.5, 0.6) is 0 Å². The van der Waals surface area contributed by atoms with E-state index in [1.165, 1.54) is 12.1 Å². The van der Waals surface area contributed by atoms with Gasteiger partial charge in [-0.05, 0) is 18.1 Å². The number of primary amides is 1. The van der Waals surface area contributed by atoms with Crippen LogP contribution in [-0.2, 0) is 4.79 Å². The molecule has 21 heavy (non-hydrogen) atoms. The monoisotopic (exact) mass is 295 g/mol. The fourth-order valence-electron chi connectivity index (χ4n) is 1.75. The Morgan fingerprint density at radius 2 is 1.95 bits per heavy atom. The Balaban J connectivity index is 3.16. The second-order valence-electron chi connectivity index (χ2n) is 4.73. The van der Waals surface area contributed by atoms with E-state index in [0.29, 0.717) is 5.69 Å². The van der Waals surface area contributed by atoms with Crippen LogP contribution in [0.3, 0.4) is 0 Å². The predicted octanol–water partition coefficient (Wildman–Crippen LogP) is 0.120. The van der Waals surface area contributed by atoms with Crippen molar-refractivity contribution in [2.24, 2.45) is 17.5 Å². The van der Waals surface area contributed by atoms with Crippen molar-refractivity contribution in [1.82, 2.24) is 5.32 Å². The molecule has 0 aliphatic carbocycles. The minimum absolute atomic E-state index is 0.206. The summed E-state index contributed by atoms with van der Waals surface area (Å²) in [4.78, 5) is 33.7. The van der Waals surface area contributed by atoms with E-state index in [2.05, 4.69) is 10.7 Å². The van der Waals surface area contributed by atoms with E-state index in [0.717, 1.165) is 6.07 Å². The van der Waals surface area contributed by atoms with E-state index >= 15 is 0 Å². The highest BCUT2D eigenvalue weighted by atomic mass is 16.6. The van der Waals surface area contributed by atoms with Crippen LogP contribution < -0.4 is 22.3 Å². The van der Waals surface area contributed by atoms with Crippen molar-refractivity contribution in [2.75, 3.05) is 5.43 Å². The third kappa shape index (κ3) is 3.89. The van der Waals surface area contributed by atoms with Gasteiger partial charge in [0, 0.05) is 11.8 Å². The lowest BCUT2D eigenvalue weighted by Gasteiger charge is -2.19. The molecule has 114 valence electrons. The van der Waals surface area contributed by atoms with Crippen molar-refractivity contribution in [2.45, 2.75) is 19.9 Å². The molecule has 9 nitrogen and oxygen atoms in total. The van der Waals surface area contributed by atoms with Crippen LogP contribution in [0.15, 0.2) is 18.2 Å². The third-order valence-corrected chi connectivity index (χ3v) is 2.86. The van der Waals surface area contributed by atoms with Gasteiger partial charge in [0.05, 0.1) is 4.92 Å². The van der Waals surface area contributed by atoms with Crippen LogP contribution in [-0.4, -0.2) is 22.8 Å². The van der Waals surface area contributed by atoms with E-state index in [4.69, 9.17) is 11.6 Å². The topological polar surface area (TPSA) is 153 Å². The molecule has 0 bridgehead atoms. The number of nitro benzene ring substituents is 1. The molecular formula is C12H17N5O4. The van der Waals surface area contributed by atoms with Crippen molar-refractivity contribution in [1.29, 1.82) is 0 Å². The lowest BCUT2D eigenvalue weighted by molar-refractivity contribution is -0.385. The van der Waals surface area contributed by atoms with Crippen LogP contribution in [0.25, 0.3) is 0 Å². The molecule has 0 aliphatic rings. The molecule has 0 spiro atoms. The van der Waals surface area contributed by atoms with Crippen LogP contribution >= 0.6 is 0 Å². The van der Waals surface area contributed by atoms with E-state index in [1.807, 2.05) is 0 Å². The van der Waals surface area contributed by atoms with Crippen molar-refractivity contribution in [3.63, 3.8) is 0 Å². The summed E-state index contributed by atoms with van der Waals surface area (Å²) in [7, 11) is 0. The number of carbonyl (C=O) groups excluding carboxylic acids is 2. The standard InChI is InChI=1S/C12H17N5O4/c1-6(2)10(11(13)18)15-12(19)8-5-7(16-14)3-4-9(8)17(20)21/h3-6,10,16H,14H2,1-2H3,(H2,13,18)(H,15,19). The maximum atomic E-state index is 12.2. The Kier molecular flexibility index (Phi) is 5.19. The second-order valence-corrected chi connectivity index (χ2v) is 4.73. The predicted molar refractivity (Wildman–Crippen MR) is 76.2 cm³/mol. The number of anilines is 1. The van der Waals surface area contributed by atoms with E-state index < -0.39 is 28.5 Å². The first-order valence-electron chi connectivity index (χ1n) is 6.13. The second kappa shape index (κ2) is 6.66. The lowest BCUT2D eigenvalue weighted by atomic mass is 10.0. The number of nitrogens with zero attached hydrogens (tertiary/aromatic N) is 1. The number of hydrogen-bond acceptors (Lipinski definition) is 6. The molecule has 0 fully saturated rings. The van der Waals surface area contributed by atoms with Gasteiger partial charge >= 0.3 is 0 Å². The van der Waals surface area contributed by atoms with Crippen molar-refractivity contribution < 1.29 is 14.5 Å². The van der Waals surface area contributed by atoms with Gasteiger partial charge in [0.15, 0.2) is 0 Å². The Labute approximate surface area is 120 Å². The number of nitrogen functional groups attached to an aromatic ring is 1. The summed E-state index contributed by atoms with van der Waals surface area (Å²) in [5.41, 5.74) is 7.22. The Morgan fingerprint density at radius 1 is 1.33 bits per heavy atom. The largest absolute Gasteiger partial charge is 0.368 e. The third-order valence-electron chi connectivity index (χ3n) is 2.86. The van der Waals surface area contributed by atoms with Gasteiger partial charge in [0.1, 0.15) is 11.6 Å². The molecule has 1 aromatic carbocycles. The minimum atomic E-state index is -0.924. The highest BCUT2D eigenvalue weighted by Crippen LogP contribution is 2.22. The van der Waals surface area contributed by atoms with Gasteiger partial charge in [0.2, 0.25) is 5.91 Å². The molecule has 0 saturated heterocycles. The fourth-order valence-corrected chi connectivity index (χ4v) is 1.75. The number of carbonyl (C=O) groups is 2. The quantitative estimate of drug-likeness (QED) is 0.332. The highest BCUT2D eigenvalue weighted by Gasteiger charge is 2.26. The van der Waals surface area contributed by atoms with Crippen LogP contribution in [0.2, 0.25) is 0 Å². The molecule has 2 amide bonds. The first-order valence-corrected chi connectivity index (χ1v) is 6.13. The number of nitro groups is 1. The van der Waals surface area contributed by atoms with Gasteiger partial charge in [-0.25, -0.2) is 0 Å². The van der Waals surface area contributed by atoms with E-state index in [1.54, 1.807) is 13.8 Å². The minimum Gasteiger partial charge on any atom is -0.368 e. The summed E-state index contributed by atoms with van der Waals surface area (Å²) in [5.74, 6) is 3.49. The van der Waals surface area contributed by atoms with Gasteiger partial charge in [-0.15, -0.1) is 0 Å². The summed E-state index contributed by atoms with van der Waals surface area (Å²) in [6.07, 6.45) is 0. The zero-order valence-corrected chi connectivity index (χ0v) is 11.6. The van der Waals surface area contributed by atoms with Crippen LogP contribution in [0.1, 0.15) is 24.2 Å². The highest BCUT2D eigenvalue weighted by molar-refractivity contribution is 6.01. The van der Waals surface area contributed by atoms with Gasteiger partial charge in [-0.2, -0.15) is 0 Å². The summed E-state index contributed by atoms with van der Waals surface area (Å²) in [5, 5.41) is 13.4.